The Bertz CT molecular complexity index is 525. The second kappa shape index (κ2) is 3.53. The van der Waals surface area contributed by atoms with Crippen LogP contribution < -0.4 is 4.74 Å². The molecular weight excluding hydrogens is 196 g/mol. The number of pyridine rings is 1. The van der Waals surface area contributed by atoms with Gasteiger partial charge in [0.2, 0.25) is 0 Å². The lowest BCUT2D eigenvalue weighted by Gasteiger charge is -2.02. The fraction of sp³-hybridized carbons (Fsp3) is 0.100. The van der Waals surface area contributed by atoms with Gasteiger partial charge in [0.1, 0.15) is 5.75 Å². The normalized spacial score (nSPS) is 10.2. The fourth-order valence-electron chi connectivity index (χ4n) is 1.43. The summed E-state index contributed by atoms with van der Waals surface area (Å²) in [6.45, 7) is 0. The maximum atomic E-state index is 10.8. The van der Waals surface area contributed by atoms with Gasteiger partial charge in [-0.15, -0.1) is 0 Å². The van der Waals surface area contributed by atoms with Gasteiger partial charge in [0.15, 0.2) is 0 Å². The molecule has 0 saturated carbocycles. The van der Waals surface area contributed by atoms with Gasteiger partial charge in [-0.1, -0.05) is 0 Å². The van der Waals surface area contributed by atoms with E-state index in [1.807, 2.05) is 0 Å². The average molecular weight is 204 g/mol. The number of rotatable bonds is 2. The van der Waals surface area contributed by atoms with E-state index in [0.717, 1.165) is 0 Å². The second-order valence-electron chi connectivity index (χ2n) is 3.00. The van der Waals surface area contributed by atoms with Crippen LogP contribution in [-0.4, -0.2) is 17.0 Å². The quantitative estimate of drug-likeness (QED) is 0.555. The summed E-state index contributed by atoms with van der Waals surface area (Å²) in [6, 6.07) is 4.74. The molecule has 0 bridgehead atoms. The molecule has 0 fully saturated rings. The number of methoxy groups -OCH3 is 1. The largest absolute Gasteiger partial charge is 0.496 e. The molecule has 1 aromatic carbocycles. The maximum absolute atomic E-state index is 10.8. The van der Waals surface area contributed by atoms with E-state index in [2.05, 4.69) is 4.98 Å². The van der Waals surface area contributed by atoms with Crippen LogP contribution in [0.1, 0.15) is 0 Å². The van der Waals surface area contributed by atoms with E-state index < -0.39 is 4.92 Å². The lowest BCUT2D eigenvalue weighted by Crippen LogP contribution is -1.92. The predicted molar refractivity (Wildman–Crippen MR) is 54.9 cm³/mol. The first-order valence-corrected chi connectivity index (χ1v) is 4.28. The van der Waals surface area contributed by atoms with Crippen molar-refractivity contribution >= 4 is 16.5 Å². The van der Waals surface area contributed by atoms with Crippen LogP contribution >= 0.6 is 0 Å². The van der Waals surface area contributed by atoms with Crippen molar-refractivity contribution < 1.29 is 9.66 Å². The molecule has 0 amide bonds. The summed E-state index contributed by atoms with van der Waals surface area (Å²) in [7, 11) is 1.47. The number of aromatic nitrogens is 1. The SMILES string of the molecule is COc1cc([N+](=O)[O-])c2ccncc2c1. The summed E-state index contributed by atoms with van der Waals surface area (Å²) >= 11 is 0. The highest BCUT2D eigenvalue weighted by Crippen LogP contribution is 2.29. The molecule has 0 unspecified atom stereocenters. The summed E-state index contributed by atoms with van der Waals surface area (Å²) in [5, 5.41) is 12.1. The van der Waals surface area contributed by atoms with Gasteiger partial charge < -0.3 is 4.74 Å². The van der Waals surface area contributed by atoms with E-state index in [1.54, 1.807) is 18.3 Å². The molecule has 15 heavy (non-hydrogen) atoms. The van der Waals surface area contributed by atoms with E-state index in [-0.39, 0.29) is 5.69 Å². The van der Waals surface area contributed by atoms with Crippen molar-refractivity contribution in [3.8, 4) is 5.75 Å². The Balaban J connectivity index is 2.80. The second-order valence-corrected chi connectivity index (χ2v) is 3.00. The Morgan fingerprint density at radius 2 is 2.27 bits per heavy atom. The van der Waals surface area contributed by atoms with Crippen molar-refractivity contribution in [2.24, 2.45) is 0 Å². The molecule has 1 heterocycles. The topological polar surface area (TPSA) is 65.3 Å². The van der Waals surface area contributed by atoms with Gasteiger partial charge in [0, 0.05) is 17.8 Å². The van der Waals surface area contributed by atoms with E-state index in [0.29, 0.717) is 16.5 Å². The zero-order valence-corrected chi connectivity index (χ0v) is 8.01. The Kier molecular flexibility index (Phi) is 2.21. The fourth-order valence-corrected chi connectivity index (χ4v) is 1.43. The summed E-state index contributed by atoms with van der Waals surface area (Å²) in [6.07, 6.45) is 3.10. The lowest BCUT2D eigenvalue weighted by molar-refractivity contribution is -0.383. The Morgan fingerprint density at radius 3 is 2.93 bits per heavy atom. The minimum absolute atomic E-state index is 0.0340. The molecule has 0 aliphatic heterocycles. The van der Waals surface area contributed by atoms with E-state index in [1.165, 1.54) is 19.4 Å². The van der Waals surface area contributed by atoms with Crippen molar-refractivity contribution in [1.29, 1.82) is 0 Å². The van der Waals surface area contributed by atoms with Gasteiger partial charge in [-0.05, 0) is 12.1 Å². The van der Waals surface area contributed by atoms with Crippen LogP contribution in [0.15, 0.2) is 30.6 Å². The minimum atomic E-state index is -0.426. The summed E-state index contributed by atoms with van der Waals surface area (Å²) < 4.78 is 4.98. The molecule has 5 heteroatoms. The average Bonchev–Trinajstić information content (AvgIpc) is 2.27. The molecule has 0 radical (unpaired) electrons. The van der Waals surface area contributed by atoms with E-state index in [4.69, 9.17) is 4.74 Å². The van der Waals surface area contributed by atoms with Crippen molar-refractivity contribution in [2.45, 2.75) is 0 Å². The highest BCUT2D eigenvalue weighted by Gasteiger charge is 2.13. The van der Waals surface area contributed by atoms with Gasteiger partial charge in [0.25, 0.3) is 5.69 Å². The molecule has 0 aliphatic carbocycles. The third-order valence-corrected chi connectivity index (χ3v) is 2.14. The third-order valence-electron chi connectivity index (χ3n) is 2.14. The van der Waals surface area contributed by atoms with Gasteiger partial charge in [-0.3, -0.25) is 15.1 Å². The highest BCUT2D eigenvalue weighted by molar-refractivity contribution is 5.91. The van der Waals surface area contributed by atoms with Crippen molar-refractivity contribution in [3.63, 3.8) is 0 Å². The zero-order chi connectivity index (χ0) is 10.8. The molecule has 0 spiro atoms. The predicted octanol–water partition coefficient (Wildman–Crippen LogP) is 2.15. The molecule has 5 nitrogen and oxygen atoms in total. The lowest BCUT2D eigenvalue weighted by atomic mass is 10.1. The monoisotopic (exact) mass is 204 g/mol. The number of nitrogens with zero attached hydrogens (tertiary/aromatic N) is 2. The van der Waals surface area contributed by atoms with Crippen molar-refractivity contribution in [3.05, 3.63) is 40.7 Å². The van der Waals surface area contributed by atoms with Crippen molar-refractivity contribution in [1.82, 2.24) is 4.98 Å². The standard InChI is InChI=1S/C10H8N2O3/c1-15-8-4-7-6-11-3-2-9(7)10(5-8)12(13)14/h2-6H,1H3. The van der Waals surface area contributed by atoms with Gasteiger partial charge in [-0.25, -0.2) is 0 Å². The van der Waals surface area contributed by atoms with E-state index in [9.17, 15) is 10.1 Å². The number of hydrogen-bond acceptors (Lipinski definition) is 4. The van der Waals surface area contributed by atoms with Crippen LogP contribution in [0.4, 0.5) is 5.69 Å². The smallest absolute Gasteiger partial charge is 0.281 e. The Labute approximate surface area is 85.5 Å². The summed E-state index contributed by atoms with van der Waals surface area (Å²) in [5.41, 5.74) is 0.0340. The molecule has 76 valence electrons. The van der Waals surface area contributed by atoms with Crippen LogP contribution in [0.5, 0.6) is 5.75 Å². The maximum Gasteiger partial charge on any atom is 0.281 e. The van der Waals surface area contributed by atoms with Crippen LogP contribution in [0.2, 0.25) is 0 Å². The van der Waals surface area contributed by atoms with Gasteiger partial charge in [0.05, 0.1) is 23.5 Å². The number of hydrogen-bond donors (Lipinski definition) is 0. The molecular formula is C10H8N2O3. The van der Waals surface area contributed by atoms with Crippen LogP contribution in [0.3, 0.4) is 0 Å². The number of fused-ring (bicyclic) bond motifs is 1. The molecule has 2 rings (SSSR count). The highest BCUT2D eigenvalue weighted by atomic mass is 16.6. The van der Waals surface area contributed by atoms with Gasteiger partial charge in [-0.2, -0.15) is 0 Å². The third kappa shape index (κ3) is 1.59. The number of ether oxygens (including phenoxy) is 1. The number of nitro benzene ring substituents is 1. The Hall–Kier alpha value is -2.17. The molecule has 1 aromatic heterocycles. The number of benzene rings is 1. The number of non-ortho nitro benzene ring substituents is 1. The van der Waals surface area contributed by atoms with Crippen LogP contribution in [0, 0.1) is 10.1 Å². The first-order valence-electron chi connectivity index (χ1n) is 4.28. The summed E-state index contributed by atoms with van der Waals surface area (Å²) in [5.74, 6) is 0.460. The Morgan fingerprint density at radius 1 is 1.47 bits per heavy atom. The molecule has 0 aliphatic rings. The molecule has 0 N–H and O–H groups in total. The zero-order valence-electron chi connectivity index (χ0n) is 8.01. The number of nitro groups is 1. The summed E-state index contributed by atoms with van der Waals surface area (Å²) in [4.78, 5) is 14.3. The van der Waals surface area contributed by atoms with Crippen LogP contribution in [0.25, 0.3) is 10.8 Å². The first-order chi connectivity index (χ1) is 7.22. The first kappa shape index (κ1) is 9.39. The molecule has 0 saturated heterocycles. The van der Waals surface area contributed by atoms with Gasteiger partial charge >= 0.3 is 0 Å². The molecule has 2 aromatic rings. The minimum Gasteiger partial charge on any atom is -0.496 e. The van der Waals surface area contributed by atoms with Crippen molar-refractivity contribution in [2.75, 3.05) is 7.11 Å². The van der Waals surface area contributed by atoms with E-state index >= 15 is 0 Å². The molecule has 0 atom stereocenters. The van der Waals surface area contributed by atoms with Crippen LogP contribution in [-0.2, 0) is 0 Å².